The summed E-state index contributed by atoms with van der Waals surface area (Å²) in [7, 11) is 0. The number of anilines is 1. The Morgan fingerprint density at radius 1 is 1.62 bits per heavy atom. The van der Waals surface area contributed by atoms with Gasteiger partial charge in [-0.1, -0.05) is 16.5 Å². The summed E-state index contributed by atoms with van der Waals surface area (Å²) in [6, 6.07) is 1.88. The summed E-state index contributed by atoms with van der Waals surface area (Å²) >= 11 is 1.45. The molecule has 13 heavy (non-hydrogen) atoms. The maximum absolute atomic E-state index is 5.01. The fraction of sp³-hybridized carbons (Fsp3) is 0.286. The minimum atomic E-state index is 0.593. The van der Waals surface area contributed by atoms with Crippen molar-refractivity contribution < 1.29 is 4.52 Å². The molecule has 2 aromatic heterocycles. The van der Waals surface area contributed by atoms with E-state index in [1.807, 2.05) is 13.0 Å². The zero-order valence-electron chi connectivity index (χ0n) is 7.02. The molecule has 0 spiro atoms. The maximum atomic E-state index is 5.01. The van der Waals surface area contributed by atoms with Crippen LogP contribution in [0.25, 0.3) is 0 Å². The van der Waals surface area contributed by atoms with Crippen molar-refractivity contribution in [3.8, 4) is 0 Å². The summed E-state index contributed by atoms with van der Waals surface area (Å²) in [6.07, 6.45) is 0. The zero-order valence-corrected chi connectivity index (χ0v) is 7.84. The van der Waals surface area contributed by atoms with Gasteiger partial charge in [-0.15, -0.1) is 10.2 Å². The summed E-state index contributed by atoms with van der Waals surface area (Å²) in [5.74, 6) is 0.799. The number of hydrogen-bond donors (Lipinski definition) is 1. The predicted molar refractivity (Wildman–Crippen MR) is 48.5 cm³/mol. The third-order valence-electron chi connectivity index (χ3n) is 1.45. The minimum Gasteiger partial charge on any atom is -0.359 e. The lowest BCUT2D eigenvalue weighted by molar-refractivity contribution is 0.384. The molecule has 1 N–H and O–H groups in total. The number of aromatic nitrogens is 3. The molecule has 0 saturated carbocycles. The van der Waals surface area contributed by atoms with E-state index in [1.54, 1.807) is 5.51 Å². The van der Waals surface area contributed by atoms with Crippen LogP contribution in [0, 0.1) is 6.92 Å². The van der Waals surface area contributed by atoms with Crippen molar-refractivity contribution in [2.75, 3.05) is 5.32 Å². The predicted octanol–water partition coefficient (Wildman–Crippen LogP) is 1.45. The highest BCUT2D eigenvalue weighted by molar-refractivity contribution is 7.13. The highest BCUT2D eigenvalue weighted by Gasteiger charge is 2.01. The molecular weight excluding hydrogens is 188 g/mol. The second-order valence-electron chi connectivity index (χ2n) is 2.53. The molecule has 0 aliphatic rings. The number of rotatable bonds is 3. The second kappa shape index (κ2) is 3.53. The van der Waals surface area contributed by atoms with Gasteiger partial charge in [-0.25, -0.2) is 0 Å². The molecule has 68 valence electrons. The molecule has 0 atom stereocenters. The summed E-state index contributed by atoms with van der Waals surface area (Å²) in [5, 5.41) is 15.2. The molecule has 0 aromatic carbocycles. The Hall–Kier alpha value is -1.43. The molecule has 2 aromatic rings. The average Bonchev–Trinajstić information content (AvgIpc) is 2.71. The molecule has 0 aliphatic heterocycles. The summed E-state index contributed by atoms with van der Waals surface area (Å²) < 4.78 is 5.01. The maximum Gasteiger partial charge on any atom is 0.205 e. The van der Waals surface area contributed by atoms with Crippen LogP contribution in [-0.2, 0) is 6.54 Å². The molecule has 0 aliphatic carbocycles. The monoisotopic (exact) mass is 196 g/mol. The molecule has 0 fully saturated rings. The van der Waals surface area contributed by atoms with Gasteiger partial charge < -0.3 is 9.84 Å². The zero-order chi connectivity index (χ0) is 9.10. The molecule has 2 heterocycles. The van der Waals surface area contributed by atoms with Crippen LogP contribution in [-0.4, -0.2) is 15.4 Å². The van der Waals surface area contributed by atoms with E-state index in [0.29, 0.717) is 6.54 Å². The Morgan fingerprint density at radius 3 is 3.15 bits per heavy atom. The van der Waals surface area contributed by atoms with Gasteiger partial charge >= 0.3 is 0 Å². The van der Waals surface area contributed by atoms with Crippen LogP contribution in [0.4, 0.5) is 5.13 Å². The molecule has 2 rings (SSSR count). The van der Waals surface area contributed by atoms with Crippen LogP contribution >= 0.6 is 11.3 Å². The highest BCUT2D eigenvalue weighted by Crippen LogP contribution is 2.10. The van der Waals surface area contributed by atoms with E-state index >= 15 is 0 Å². The summed E-state index contributed by atoms with van der Waals surface area (Å²) in [4.78, 5) is 0. The van der Waals surface area contributed by atoms with Gasteiger partial charge in [0.1, 0.15) is 5.51 Å². The molecule has 0 bridgehead atoms. The van der Waals surface area contributed by atoms with Crippen LogP contribution in [0.2, 0.25) is 0 Å². The third-order valence-corrected chi connectivity index (χ3v) is 2.10. The van der Waals surface area contributed by atoms with E-state index in [4.69, 9.17) is 4.52 Å². The minimum absolute atomic E-state index is 0.593. The van der Waals surface area contributed by atoms with E-state index in [0.717, 1.165) is 16.6 Å². The highest BCUT2D eigenvalue weighted by atomic mass is 32.1. The van der Waals surface area contributed by atoms with Crippen LogP contribution in [0.15, 0.2) is 16.1 Å². The summed E-state index contributed by atoms with van der Waals surface area (Å²) in [5.41, 5.74) is 2.56. The van der Waals surface area contributed by atoms with Gasteiger partial charge in [-0.2, -0.15) is 0 Å². The third kappa shape index (κ3) is 2.03. The van der Waals surface area contributed by atoms with E-state index in [-0.39, 0.29) is 0 Å². The number of nitrogens with one attached hydrogen (secondary N) is 1. The van der Waals surface area contributed by atoms with Crippen LogP contribution in [0.3, 0.4) is 0 Å². The normalized spacial score (nSPS) is 10.2. The summed E-state index contributed by atoms with van der Waals surface area (Å²) in [6.45, 7) is 2.48. The first-order valence-electron chi connectivity index (χ1n) is 3.77. The molecule has 6 heteroatoms. The SMILES string of the molecule is Cc1cc(CNc2nncs2)on1. The van der Waals surface area contributed by atoms with Gasteiger partial charge in [0.05, 0.1) is 12.2 Å². The largest absolute Gasteiger partial charge is 0.359 e. The quantitative estimate of drug-likeness (QED) is 0.804. The molecule has 0 saturated heterocycles. The molecule has 0 unspecified atom stereocenters. The lowest BCUT2D eigenvalue weighted by atomic mass is 10.4. The molecule has 0 amide bonds. The number of aryl methyl sites for hydroxylation is 1. The Balaban J connectivity index is 1.93. The van der Waals surface area contributed by atoms with Gasteiger partial charge in [0, 0.05) is 6.07 Å². The van der Waals surface area contributed by atoms with E-state index in [1.165, 1.54) is 11.3 Å². The van der Waals surface area contributed by atoms with Gasteiger partial charge in [0.2, 0.25) is 5.13 Å². The van der Waals surface area contributed by atoms with Crippen LogP contribution in [0.1, 0.15) is 11.5 Å². The van der Waals surface area contributed by atoms with E-state index < -0.39 is 0 Å². The first kappa shape index (κ1) is 8.18. The first-order chi connectivity index (χ1) is 6.34. The van der Waals surface area contributed by atoms with Crippen LogP contribution < -0.4 is 5.32 Å². The van der Waals surface area contributed by atoms with Gasteiger partial charge in [-0.05, 0) is 6.92 Å². The lowest BCUT2D eigenvalue weighted by Gasteiger charge is -1.95. The fourth-order valence-electron chi connectivity index (χ4n) is 0.912. The molecule has 5 nitrogen and oxygen atoms in total. The van der Waals surface area contributed by atoms with Crippen molar-refractivity contribution in [3.05, 3.63) is 23.0 Å². The standard InChI is InChI=1S/C7H8N4OS/c1-5-2-6(12-11-5)3-8-7-10-9-4-13-7/h2,4H,3H2,1H3,(H,8,10). The van der Waals surface area contributed by atoms with Crippen molar-refractivity contribution in [1.29, 1.82) is 0 Å². The Kier molecular flexibility index (Phi) is 2.22. The first-order valence-corrected chi connectivity index (χ1v) is 4.65. The lowest BCUT2D eigenvalue weighted by Crippen LogP contribution is -1.97. The second-order valence-corrected chi connectivity index (χ2v) is 3.37. The Bertz CT molecular complexity index is 370. The van der Waals surface area contributed by atoms with Gasteiger partial charge in [0.25, 0.3) is 0 Å². The molecule has 0 radical (unpaired) electrons. The van der Waals surface area contributed by atoms with Crippen molar-refractivity contribution in [2.45, 2.75) is 13.5 Å². The van der Waals surface area contributed by atoms with Gasteiger partial charge in [0.15, 0.2) is 5.76 Å². The van der Waals surface area contributed by atoms with Crippen molar-refractivity contribution >= 4 is 16.5 Å². The smallest absolute Gasteiger partial charge is 0.205 e. The van der Waals surface area contributed by atoms with Crippen LogP contribution in [0.5, 0.6) is 0 Å². The topological polar surface area (TPSA) is 63.8 Å². The van der Waals surface area contributed by atoms with Crippen molar-refractivity contribution in [1.82, 2.24) is 15.4 Å². The van der Waals surface area contributed by atoms with E-state index in [2.05, 4.69) is 20.7 Å². The number of nitrogens with zero attached hydrogens (tertiary/aromatic N) is 3. The van der Waals surface area contributed by atoms with Gasteiger partial charge in [-0.3, -0.25) is 0 Å². The van der Waals surface area contributed by atoms with Crippen molar-refractivity contribution in [2.24, 2.45) is 0 Å². The van der Waals surface area contributed by atoms with E-state index in [9.17, 15) is 0 Å². The fourth-order valence-corrected chi connectivity index (χ4v) is 1.36. The van der Waals surface area contributed by atoms with Crippen molar-refractivity contribution in [3.63, 3.8) is 0 Å². The number of hydrogen-bond acceptors (Lipinski definition) is 6. The molecular formula is C7H8N4OS. The Labute approximate surface area is 78.8 Å². The average molecular weight is 196 g/mol. The Morgan fingerprint density at radius 2 is 2.54 bits per heavy atom.